The summed E-state index contributed by atoms with van der Waals surface area (Å²) < 4.78 is 26.6. The van der Waals surface area contributed by atoms with Crippen LogP contribution in [0.3, 0.4) is 0 Å². The Kier molecular flexibility index (Phi) is 4.84. The summed E-state index contributed by atoms with van der Waals surface area (Å²) in [7, 11) is 0. The Hall–Kier alpha value is -1.96. The van der Waals surface area contributed by atoms with Gasteiger partial charge in [0.25, 0.3) is 0 Å². The van der Waals surface area contributed by atoms with Gasteiger partial charge in [0.2, 0.25) is 5.92 Å². The first-order valence-corrected chi connectivity index (χ1v) is 10.9. The van der Waals surface area contributed by atoms with E-state index in [1.807, 2.05) is 0 Å². The minimum absolute atomic E-state index is 0.137. The third-order valence-corrected chi connectivity index (χ3v) is 7.01. The molecule has 4 aliphatic rings. The summed E-state index contributed by atoms with van der Waals surface area (Å²) in [5, 5.41) is 6.46. The van der Waals surface area contributed by atoms with Crippen LogP contribution in [0.1, 0.15) is 49.8 Å². The van der Waals surface area contributed by atoms with Gasteiger partial charge in [-0.3, -0.25) is 0 Å². The molecule has 0 aromatic carbocycles. The minimum atomic E-state index is -2.57. The molecule has 6 nitrogen and oxygen atoms in total. The molecule has 2 atom stereocenters. The van der Waals surface area contributed by atoms with E-state index in [-0.39, 0.29) is 24.9 Å². The van der Waals surface area contributed by atoms with Crippen LogP contribution in [0, 0.1) is 0 Å². The molecule has 2 unspecified atom stereocenters. The number of aromatic nitrogens is 1. The van der Waals surface area contributed by atoms with Gasteiger partial charge >= 0.3 is 6.03 Å². The second-order valence-electron chi connectivity index (χ2n) is 8.98. The molecule has 1 saturated carbocycles. The van der Waals surface area contributed by atoms with Crippen LogP contribution in [0.25, 0.3) is 0 Å². The summed E-state index contributed by atoms with van der Waals surface area (Å²) in [5.41, 5.74) is 2.18. The molecule has 4 heterocycles. The van der Waals surface area contributed by atoms with Crippen LogP contribution >= 0.6 is 0 Å². The minimum Gasteiger partial charge on any atom is -0.348 e. The Morgan fingerprint density at radius 3 is 2.59 bits per heavy atom. The maximum atomic E-state index is 13.3. The zero-order valence-electron chi connectivity index (χ0n) is 16.7. The predicted octanol–water partition coefficient (Wildman–Crippen LogP) is 2.67. The number of carbonyl (C=O) groups is 1. The highest BCUT2D eigenvalue weighted by Gasteiger charge is 2.38. The lowest BCUT2D eigenvalue weighted by atomic mass is 9.92. The Labute approximate surface area is 170 Å². The summed E-state index contributed by atoms with van der Waals surface area (Å²) >= 11 is 0. The van der Waals surface area contributed by atoms with Gasteiger partial charge in [0, 0.05) is 69.3 Å². The van der Waals surface area contributed by atoms with Gasteiger partial charge in [-0.05, 0) is 37.3 Å². The van der Waals surface area contributed by atoms with Crippen molar-refractivity contribution in [1.82, 2.24) is 20.5 Å². The average molecular weight is 405 g/mol. The van der Waals surface area contributed by atoms with Gasteiger partial charge in [0.15, 0.2) is 0 Å². The number of nitrogens with zero attached hydrogens (tertiary/aromatic N) is 3. The molecule has 29 heavy (non-hydrogen) atoms. The molecule has 2 saturated heterocycles. The Balaban J connectivity index is 1.22. The van der Waals surface area contributed by atoms with E-state index in [0.29, 0.717) is 38.0 Å². The van der Waals surface area contributed by atoms with Crippen molar-refractivity contribution in [2.24, 2.45) is 0 Å². The molecule has 0 spiro atoms. The smallest absolute Gasteiger partial charge is 0.317 e. The van der Waals surface area contributed by atoms with Crippen molar-refractivity contribution >= 4 is 11.8 Å². The standard InChI is InChI=1S/C21H29F2N5O/c22-21(23)8-5-15(6-9-21)25-20(29)27-10-7-18-14(13-27)1-4-19(26-18)28-16-2-3-17(28)12-24-11-16/h1,4,15-17,24H,2-3,5-13H2,(H,25,29). The van der Waals surface area contributed by atoms with Crippen LogP contribution < -0.4 is 15.5 Å². The molecule has 1 aliphatic carbocycles. The molecule has 1 aromatic rings. The SMILES string of the molecule is O=C(NC1CCC(F)(F)CC1)N1CCc2nc(N3C4CCC3CNC4)ccc2C1. The van der Waals surface area contributed by atoms with Gasteiger partial charge in [-0.15, -0.1) is 0 Å². The van der Waals surface area contributed by atoms with E-state index in [0.717, 1.165) is 36.6 Å². The molecule has 1 aromatic heterocycles. The molecule has 158 valence electrons. The fraction of sp³-hybridized carbons (Fsp3) is 0.714. The zero-order chi connectivity index (χ0) is 20.0. The monoisotopic (exact) mass is 405 g/mol. The number of anilines is 1. The molecular weight excluding hydrogens is 376 g/mol. The number of amides is 2. The number of halogens is 2. The number of pyridine rings is 1. The van der Waals surface area contributed by atoms with Crippen LogP contribution in [0.5, 0.6) is 0 Å². The van der Waals surface area contributed by atoms with Crippen molar-refractivity contribution in [1.29, 1.82) is 0 Å². The summed E-state index contributed by atoms with van der Waals surface area (Å²) in [6.07, 6.45) is 3.60. The van der Waals surface area contributed by atoms with Gasteiger partial charge < -0.3 is 20.4 Å². The number of hydrogen-bond donors (Lipinski definition) is 2. The van der Waals surface area contributed by atoms with Crippen molar-refractivity contribution in [3.63, 3.8) is 0 Å². The molecule has 2 N–H and O–H groups in total. The summed E-state index contributed by atoms with van der Waals surface area (Å²) in [6, 6.07) is 4.99. The van der Waals surface area contributed by atoms with E-state index in [2.05, 4.69) is 27.7 Å². The normalized spacial score (nSPS) is 28.9. The zero-order valence-corrected chi connectivity index (χ0v) is 16.7. The third kappa shape index (κ3) is 3.79. The topological polar surface area (TPSA) is 60.5 Å². The first-order valence-electron chi connectivity index (χ1n) is 10.9. The molecule has 5 rings (SSSR count). The van der Waals surface area contributed by atoms with Gasteiger partial charge in [-0.1, -0.05) is 6.07 Å². The van der Waals surface area contributed by atoms with Gasteiger partial charge in [0.05, 0.1) is 0 Å². The number of fused-ring (bicyclic) bond motifs is 3. The fourth-order valence-corrected chi connectivity index (χ4v) is 5.32. The van der Waals surface area contributed by atoms with Gasteiger partial charge in [-0.25, -0.2) is 18.6 Å². The van der Waals surface area contributed by atoms with Crippen LogP contribution in [0.4, 0.5) is 19.4 Å². The largest absolute Gasteiger partial charge is 0.348 e. The number of urea groups is 1. The fourth-order valence-electron chi connectivity index (χ4n) is 5.32. The lowest BCUT2D eigenvalue weighted by molar-refractivity contribution is -0.0398. The maximum Gasteiger partial charge on any atom is 0.317 e. The van der Waals surface area contributed by atoms with E-state index in [4.69, 9.17) is 4.98 Å². The van der Waals surface area contributed by atoms with E-state index in [1.165, 1.54) is 12.8 Å². The Morgan fingerprint density at radius 2 is 1.86 bits per heavy atom. The number of hydrogen-bond acceptors (Lipinski definition) is 4. The Morgan fingerprint density at radius 1 is 1.14 bits per heavy atom. The maximum absolute atomic E-state index is 13.3. The van der Waals surface area contributed by atoms with Crippen LogP contribution in [-0.2, 0) is 13.0 Å². The van der Waals surface area contributed by atoms with Crippen molar-refractivity contribution in [3.05, 3.63) is 23.4 Å². The second kappa shape index (κ2) is 7.38. The molecular formula is C21H29F2N5O. The number of rotatable bonds is 2. The molecule has 3 aliphatic heterocycles. The van der Waals surface area contributed by atoms with Gasteiger partial charge in [0.1, 0.15) is 5.82 Å². The van der Waals surface area contributed by atoms with Crippen LogP contribution in [0.2, 0.25) is 0 Å². The second-order valence-corrected chi connectivity index (χ2v) is 8.98. The number of alkyl halides is 2. The van der Waals surface area contributed by atoms with E-state index in [1.54, 1.807) is 4.90 Å². The van der Waals surface area contributed by atoms with Crippen molar-refractivity contribution < 1.29 is 13.6 Å². The van der Waals surface area contributed by atoms with E-state index < -0.39 is 5.92 Å². The quantitative estimate of drug-likeness (QED) is 0.794. The van der Waals surface area contributed by atoms with E-state index in [9.17, 15) is 13.6 Å². The molecule has 0 radical (unpaired) electrons. The first-order chi connectivity index (χ1) is 14.0. The number of piperazine rings is 1. The van der Waals surface area contributed by atoms with Crippen molar-refractivity contribution in [2.75, 3.05) is 24.5 Å². The molecule has 8 heteroatoms. The van der Waals surface area contributed by atoms with E-state index >= 15 is 0 Å². The molecule has 2 bridgehead atoms. The summed E-state index contributed by atoms with van der Waals surface area (Å²) in [4.78, 5) is 21.9. The lowest BCUT2D eigenvalue weighted by Gasteiger charge is -2.37. The number of nitrogens with one attached hydrogen (secondary N) is 2. The lowest BCUT2D eigenvalue weighted by Crippen LogP contribution is -2.52. The predicted molar refractivity (Wildman–Crippen MR) is 106 cm³/mol. The summed E-state index contributed by atoms with van der Waals surface area (Å²) in [5.74, 6) is -1.50. The van der Waals surface area contributed by atoms with Gasteiger partial charge in [-0.2, -0.15) is 0 Å². The molecule has 2 amide bonds. The average Bonchev–Trinajstić information content (AvgIpc) is 2.97. The van der Waals surface area contributed by atoms with Crippen LogP contribution in [0.15, 0.2) is 12.1 Å². The third-order valence-electron chi connectivity index (χ3n) is 7.01. The highest BCUT2D eigenvalue weighted by molar-refractivity contribution is 5.75. The summed E-state index contributed by atoms with van der Waals surface area (Å²) in [6.45, 7) is 3.20. The highest BCUT2D eigenvalue weighted by atomic mass is 19.3. The van der Waals surface area contributed by atoms with Crippen LogP contribution in [-0.4, -0.2) is 59.6 Å². The van der Waals surface area contributed by atoms with Crippen molar-refractivity contribution in [2.45, 2.75) is 75.5 Å². The molecule has 3 fully saturated rings. The number of carbonyl (C=O) groups excluding carboxylic acids is 1. The Bertz CT molecular complexity index is 762. The van der Waals surface area contributed by atoms with Crippen molar-refractivity contribution in [3.8, 4) is 0 Å². The highest BCUT2D eigenvalue weighted by Crippen LogP contribution is 2.34. The first kappa shape index (κ1) is 19.0.